The monoisotopic (exact) mass is 444 g/mol. The number of carbonyl (C=O) groups is 3. The minimum atomic E-state index is -0.361. The summed E-state index contributed by atoms with van der Waals surface area (Å²) in [5.41, 5.74) is 2.36. The van der Waals surface area contributed by atoms with Gasteiger partial charge in [0.1, 0.15) is 12.7 Å². The highest BCUT2D eigenvalue weighted by Gasteiger charge is 2.59. The van der Waals surface area contributed by atoms with Gasteiger partial charge in [-0.3, -0.25) is 9.59 Å². The summed E-state index contributed by atoms with van der Waals surface area (Å²) in [6.07, 6.45) is 9.45. The predicted molar refractivity (Wildman–Crippen MR) is 119 cm³/mol. The molecule has 6 nitrogen and oxygen atoms in total. The molecule has 0 saturated heterocycles. The van der Waals surface area contributed by atoms with E-state index in [0.29, 0.717) is 25.4 Å². The third-order valence-electron chi connectivity index (χ3n) is 8.70. The van der Waals surface area contributed by atoms with Gasteiger partial charge < -0.3 is 14.2 Å². The molecule has 0 aromatic carbocycles. The molecule has 0 amide bonds. The summed E-state index contributed by atoms with van der Waals surface area (Å²) in [6, 6.07) is 0. The Kier molecular flexibility index (Phi) is 6.36. The molecule has 0 aliphatic heterocycles. The Morgan fingerprint density at radius 2 is 1.97 bits per heavy atom. The first-order valence-corrected chi connectivity index (χ1v) is 12.0. The minimum absolute atomic E-state index is 0.0603. The summed E-state index contributed by atoms with van der Waals surface area (Å²) in [4.78, 5) is 36.4. The molecule has 2 fully saturated rings. The van der Waals surface area contributed by atoms with Crippen LogP contribution in [0.1, 0.15) is 65.7 Å². The molecule has 2 saturated carbocycles. The fourth-order valence-electron chi connectivity index (χ4n) is 6.90. The molecule has 0 aromatic heterocycles. The first-order valence-electron chi connectivity index (χ1n) is 12.0. The minimum Gasteiger partial charge on any atom is -0.464 e. The fraction of sp³-hybridized carbons (Fsp3) is 0.731. The van der Waals surface area contributed by atoms with Crippen LogP contribution in [0, 0.1) is 28.6 Å². The second-order valence-electron chi connectivity index (χ2n) is 10.5. The molecule has 0 heterocycles. The van der Waals surface area contributed by atoms with Crippen LogP contribution in [0.5, 0.6) is 0 Å². The Bertz CT molecular complexity index is 856. The molecule has 4 aliphatic carbocycles. The van der Waals surface area contributed by atoms with Crippen molar-refractivity contribution in [2.75, 3.05) is 20.3 Å². The van der Waals surface area contributed by atoms with Gasteiger partial charge in [0.25, 0.3) is 0 Å². The Morgan fingerprint density at radius 1 is 1.19 bits per heavy atom. The van der Waals surface area contributed by atoms with E-state index in [2.05, 4.69) is 19.9 Å². The molecule has 0 spiro atoms. The molecule has 0 N–H and O–H groups in total. The SMILES string of the molecule is CCC(=O)OC1CCC2C3C(=CCC12C)C1(C)CCC(=O)C=C1C[C@H]3COC(=O)COC. The topological polar surface area (TPSA) is 78.9 Å². The molecular formula is C26H36O6. The van der Waals surface area contributed by atoms with Crippen LogP contribution in [0.15, 0.2) is 23.3 Å². The fourth-order valence-corrected chi connectivity index (χ4v) is 6.90. The summed E-state index contributed by atoms with van der Waals surface area (Å²) in [5, 5.41) is 0. The van der Waals surface area contributed by atoms with Crippen LogP contribution in [0.4, 0.5) is 0 Å². The van der Waals surface area contributed by atoms with E-state index >= 15 is 0 Å². The van der Waals surface area contributed by atoms with Crippen molar-refractivity contribution in [3.63, 3.8) is 0 Å². The van der Waals surface area contributed by atoms with E-state index in [1.54, 1.807) is 0 Å². The quantitative estimate of drug-likeness (QED) is 0.452. The van der Waals surface area contributed by atoms with Gasteiger partial charge in [0, 0.05) is 36.7 Å². The van der Waals surface area contributed by atoms with Crippen molar-refractivity contribution in [1.29, 1.82) is 0 Å². The van der Waals surface area contributed by atoms with Crippen molar-refractivity contribution in [2.45, 2.75) is 71.8 Å². The zero-order valence-corrected chi connectivity index (χ0v) is 19.8. The van der Waals surface area contributed by atoms with Crippen LogP contribution in [-0.4, -0.2) is 44.1 Å². The molecule has 0 bridgehead atoms. The second kappa shape index (κ2) is 8.77. The number of ketones is 1. The molecule has 0 aromatic rings. The van der Waals surface area contributed by atoms with Crippen LogP contribution in [-0.2, 0) is 28.6 Å². The number of allylic oxidation sites excluding steroid dienone is 4. The molecular weight excluding hydrogens is 408 g/mol. The number of fused-ring (bicyclic) bond motifs is 5. The highest BCUT2D eigenvalue weighted by atomic mass is 16.6. The first kappa shape index (κ1) is 23.2. The van der Waals surface area contributed by atoms with Crippen molar-refractivity contribution in [3.8, 4) is 0 Å². The van der Waals surface area contributed by atoms with Gasteiger partial charge in [-0.25, -0.2) is 4.79 Å². The molecule has 176 valence electrons. The van der Waals surface area contributed by atoms with E-state index in [4.69, 9.17) is 14.2 Å². The summed E-state index contributed by atoms with van der Waals surface area (Å²) in [6.45, 7) is 6.63. The summed E-state index contributed by atoms with van der Waals surface area (Å²) < 4.78 is 16.4. The average molecular weight is 445 g/mol. The van der Waals surface area contributed by atoms with Crippen molar-refractivity contribution < 1.29 is 28.6 Å². The number of methoxy groups -OCH3 is 1. The second-order valence-corrected chi connectivity index (χ2v) is 10.5. The van der Waals surface area contributed by atoms with Crippen molar-refractivity contribution >= 4 is 17.7 Å². The zero-order valence-electron chi connectivity index (χ0n) is 19.8. The van der Waals surface area contributed by atoms with Gasteiger partial charge in [0.05, 0.1) is 6.61 Å². The van der Waals surface area contributed by atoms with Crippen LogP contribution in [0.25, 0.3) is 0 Å². The third kappa shape index (κ3) is 3.85. The molecule has 6 atom stereocenters. The summed E-state index contributed by atoms with van der Waals surface area (Å²) >= 11 is 0. The van der Waals surface area contributed by atoms with E-state index in [-0.39, 0.29) is 53.1 Å². The normalized spacial score (nSPS) is 38.1. The number of ether oxygens (including phenoxy) is 3. The Hall–Kier alpha value is -1.95. The zero-order chi connectivity index (χ0) is 23.1. The maximum atomic E-state index is 12.2. The molecule has 5 unspecified atom stereocenters. The first-order chi connectivity index (χ1) is 15.2. The van der Waals surface area contributed by atoms with Gasteiger partial charge in [0.15, 0.2) is 5.78 Å². The largest absolute Gasteiger partial charge is 0.464 e. The summed E-state index contributed by atoms with van der Waals surface area (Å²) in [5.74, 6) is 0.421. The van der Waals surface area contributed by atoms with Gasteiger partial charge in [-0.05, 0) is 50.0 Å². The molecule has 0 radical (unpaired) electrons. The van der Waals surface area contributed by atoms with Gasteiger partial charge in [-0.15, -0.1) is 0 Å². The smallest absolute Gasteiger partial charge is 0.332 e. The van der Waals surface area contributed by atoms with Crippen LogP contribution >= 0.6 is 0 Å². The van der Waals surface area contributed by atoms with E-state index in [1.807, 2.05) is 13.0 Å². The van der Waals surface area contributed by atoms with E-state index < -0.39 is 0 Å². The number of esters is 2. The van der Waals surface area contributed by atoms with Crippen LogP contribution in [0.2, 0.25) is 0 Å². The molecule has 4 aliphatic rings. The maximum Gasteiger partial charge on any atom is 0.332 e. The maximum absolute atomic E-state index is 12.2. The lowest BCUT2D eigenvalue weighted by molar-refractivity contribution is -0.157. The van der Waals surface area contributed by atoms with Gasteiger partial charge >= 0.3 is 11.9 Å². The van der Waals surface area contributed by atoms with Crippen molar-refractivity contribution in [3.05, 3.63) is 23.3 Å². The van der Waals surface area contributed by atoms with Crippen molar-refractivity contribution in [1.82, 2.24) is 0 Å². The lowest BCUT2D eigenvalue weighted by Crippen LogP contribution is -2.50. The van der Waals surface area contributed by atoms with Gasteiger partial charge in [-0.2, -0.15) is 0 Å². The lowest BCUT2D eigenvalue weighted by atomic mass is 9.49. The molecule has 32 heavy (non-hydrogen) atoms. The van der Waals surface area contributed by atoms with Crippen LogP contribution in [0.3, 0.4) is 0 Å². The Labute approximate surface area is 190 Å². The highest BCUT2D eigenvalue weighted by Crippen LogP contribution is 2.64. The highest BCUT2D eigenvalue weighted by molar-refractivity contribution is 5.92. The number of rotatable bonds is 6. The number of hydrogen-bond donors (Lipinski definition) is 0. The molecule has 6 heteroatoms. The predicted octanol–water partition coefficient (Wildman–Crippen LogP) is 4.18. The van der Waals surface area contributed by atoms with Gasteiger partial charge in [0.2, 0.25) is 0 Å². The van der Waals surface area contributed by atoms with E-state index in [9.17, 15) is 14.4 Å². The molecule has 4 rings (SSSR count). The number of carbonyl (C=O) groups excluding carboxylic acids is 3. The lowest BCUT2D eigenvalue weighted by Gasteiger charge is -2.55. The number of hydrogen-bond acceptors (Lipinski definition) is 6. The van der Waals surface area contributed by atoms with E-state index in [1.165, 1.54) is 18.3 Å². The summed E-state index contributed by atoms with van der Waals surface area (Å²) in [7, 11) is 1.48. The van der Waals surface area contributed by atoms with E-state index in [0.717, 1.165) is 32.1 Å². The third-order valence-corrected chi connectivity index (χ3v) is 8.70. The Morgan fingerprint density at radius 3 is 2.69 bits per heavy atom. The van der Waals surface area contributed by atoms with Crippen LogP contribution < -0.4 is 0 Å². The average Bonchev–Trinajstić information content (AvgIpc) is 3.09. The standard InChI is InChI=1S/C26H36O6/c1-5-22(28)32-21-7-6-19-24-16(14-31-23(29)15-30-4)12-17-13-18(27)8-10-25(17,2)20(24)9-11-26(19,21)3/h9,13,16,19,21,24H,5-8,10-12,14-15H2,1-4H3/t16-,19?,21?,24?,25?,26?/m0/s1. The van der Waals surface area contributed by atoms with Crippen molar-refractivity contribution in [2.24, 2.45) is 28.6 Å². The Balaban J connectivity index is 1.68. The van der Waals surface area contributed by atoms with Gasteiger partial charge in [-0.1, -0.05) is 38.0 Å².